The molecule has 0 spiro atoms. The second-order valence-electron chi connectivity index (χ2n) is 6.80. The van der Waals surface area contributed by atoms with E-state index in [1.54, 1.807) is 30.3 Å². The van der Waals surface area contributed by atoms with Crippen molar-refractivity contribution in [2.24, 2.45) is 0 Å². The predicted octanol–water partition coefficient (Wildman–Crippen LogP) is 6.01. The zero-order valence-electron chi connectivity index (χ0n) is 17.3. The van der Waals surface area contributed by atoms with Crippen molar-refractivity contribution in [2.45, 2.75) is 39.3 Å². The molecule has 0 aliphatic carbocycles. The minimum absolute atomic E-state index is 0.0626. The Morgan fingerprint density at radius 2 is 1.71 bits per heavy atom. The summed E-state index contributed by atoms with van der Waals surface area (Å²) in [6, 6.07) is 9.10. The number of hydrogen-bond acceptors (Lipinski definition) is 3. The number of hydrogen-bond donors (Lipinski definition) is 1. The molecule has 0 aliphatic heterocycles. The third-order valence-electron chi connectivity index (χ3n) is 4.57. The molecule has 0 saturated heterocycles. The van der Waals surface area contributed by atoms with Gasteiger partial charge in [-0.05, 0) is 43.2 Å². The van der Waals surface area contributed by atoms with Gasteiger partial charge in [0.05, 0.1) is 5.02 Å². The van der Waals surface area contributed by atoms with E-state index in [2.05, 4.69) is 5.32 Å². The van der Waals surface area contributed by atoms with Crippen molar-refractivity contribution < 1.29 is 14.3 Å². The first kappa shape index (κ1) is 25.6. The fraction of sp³-hybridized carbons (Fsp3) is 0.364. The van der Waals surface area contributed by atoms with Crippen molar-refractivity contribution in [1.82, 2.24) is 10.2 Å². The van der Waals surface area contributed by atoms with E-state index in [4.69, 9.17) is 51.1 Å². The van der Waals surface area contributed by atoms with E-state index < -0.39 is 11.9 Å². The number of rotatable bonds is 10. The molecule has 0 fully saturated rings. The molecular weight excluding hydrogens is 482 g/mol. The van der Waals surface area contributed by atoms with Crippen molar-refractivity contribution in [3.05, 3.63) is 62.1 Å². The largest absolute Gasteiger partial charge is 0.482 e. The normalized spacial score (nSPS) is 11.7. The van der Waals surface area contributed by atoms with Gasteiger partial charge in [-0.15, -0.1) is 0 Å². The lowest BCUT2D eigenvalue weighted by Gasteiger charge is -2.31. The molecule has 31 heavy (non-hydrogen) atoms. The Bertz CT molecular complexity index is 903. The Hall–Kier alpha value is -1.66. The lowest BCUT2D eigenvalue weighted by atomic mass is 10.1. The van der Waals surface area contributed by atoms with E-state index >= 15 is 0 Å². The van der Waals surface area contributed by atoms with Gasteiger partial charge in [-0.2, -0.15) is 0 Å². The van der Waals surface area contributed by atoms with Crippen LogP contribution in [0.15, 0.2) is 36.4 Å². The maximum Gasteiger partial charge on any atom is 0.261 e. The van der Waals surface area contributed by atoms with Crippen LogP contribution in [0.4, 0.5) is 0 Å². The predicted molar refractivity (Wildman–Crippen MR) is 126 cm³/mol. The Kier molecular flexibility index (Phi) is 10.2. The van der Waals surface area contributed by atoms with Gasteiger partial charge in [-0.25, -0.2) is 0 Å². The number of amides is 2. The van der Waals surface area contributed by atoms with Crippen molar-refractivity contribution in [2.75, 3.05) is 13.2 Å². The van der Waals surface area contributed by atoms with Crippen molar-refractivity contribution in [3.8, 4) is 5.75 Å². The first-order chi connectivity index (χ1) is 14.8. The summed E-state index contributed by atoms with van der Waals surface area (Å²) in [5.74, 6) is -0.329. The first-order valence-electron chi connectivity index (χ1n) is 9.86. The van der Waals surface area contributed by atoms with Crippen LogP contribution in [0.5, 0.6) is 5.75 Å². The number of carbonyl (C=O) groups excluding carboxylic acids is 2. The van der Waals surface area contributed by atoms with Gasteiger partial charge in [0, 0.05) is 33.7 Å². The maximum atomic E-state index is 13.2. The maximum absolute atomic E-state index is 13.2. The van der Waals surface area contributed by atoms with Crippen molar-refractivity contribution in [3.63, 3.8) is 0 Å². The van der Waals surface area contributed by atoms with E-state index in [-0.39, 0.29) is 24.1 Å². The summed E-state index contributed by atoms with van der Waals surface area (Å²) < 4.78 is 5.61. The van der Waals surface area contributed by atoms with Gasteiger partial charge in [-0.1, -0.05) is 66.3 Å². The monoisotopic (exact) mass is 504 g/mol. The van der Waals surface area contributed by atoms with Crippen LogP contribution in [0, 0.1) is 0 Å². The second-order valence-corrected chi connectivity index (χ2v) is 8.46. The summed E-state index contributed by atoms with van der Waals surface area (Å²) in [5.41, 5.74) is 0.561. The van der Waals surface area contributed by atoms with Crippen molar-refractivity contribution in [1.29, 1.82) is 0 Å². The van der Waals surface area contributed by atoms with E-state index in [1.807, 2.05) is 13.8 Å². The van der Waals surface area contributed by atoms with E-state index in [9.17, 15) is 9.59 Å². The Balaban J connectivity index is 2.28. The van der Waals surface area contributed by atoms with Gasteiger partial charge in [-0.3, -0.25) is 9.59 Å². The summed E-state index contributed by atoms with van der Waals surface area (Å²) in [6.45, 7) is 4.05. The molecule has 0 unspecified atom stereocenters. The number of nitrogens with zero attached hydrogens (tertiary/aromatic N) is 1. The number of ether oxygens (including phenoxy) is 1. The number of halogens is 4. The van der Waals surface area contributed by atoms with Gasteiger partial charge in [0.15, 0.2) is 6.61 Å². The lowest BCUT2D eigenvalue weighted by molar-refractivity contribution is -0.143. The molecule has 9 heteroatoms. The minimum atomic E-state index is -0.712. The standard InChI is InChI=1S/C22H24Cl4N2O3/c1-3-10-27-22(30)19(4-2)28(12-15-16(24)6-5-7-17(15)25)21(29)13-31-20-9-8-14(23)11-18(20)26/h5-9,11,19H,3-4,10,12-13H2,1-2H3,(H,27,30)/t19-/m0/s1. The molecule has 5 nitrogen and oxygen atoms in total. The highest BCUT2D eigenvalue weighted by Gasteiger charge is 2.30. The molecule has 0 aliphatic rings. The molecule has 2 rings (SSSR count). The van der Waals surface area contributed by atoms with Crippen LogP contribution in [0.1, 0.15) is 32.3 Å². The average Bonchev–Trinajstić information content (AvgIpc) is 2.73. The van der Waals surface area contributed by atoms with E-state index in [1.165, 1.54) is 11.0 Å². The van der Waals surface area contributed by atoms with Gasteiger partial charge in [0.1, 0.15) is 11.8 Å². The highest BCUT2D eigenvalue weighted by Crippen LogP contribution is 2.29. The highest BCUT2D eigenvalue weighted by atomic mass is 35.5. The van der Waals surface area contributed by atoms with Crippen LogP contribution in [0.2, 0.25) is 20.1 Å². The van der Waals surface area contributed by atoms with Gasteiger partial charge >= 0.3 is 0 Å². The molecule has 2 amide bonds. The Morgan fingerprint density at radius 1 is 1.03 bits per heavy atom. The fourth-order valence-corrected chi connectivity index (χ4v) is 3.93. The SMILES string of the molecule is CCCNC(=O)[C@H](CC)N(Cc1c(Cl)cccc1Cl)C(=O)COc1ccc(Cl)cc1Cl. The molecule has 0 saturated carbocycles. The lowest BCUT2D eigenvalue weighted by Crippen LogP contribution is -2.50. The average molecular weight is 506 g/mol. The van der Waals surface area contributed by atoms with Gasteiger partial charge in [0.2, 0.25) is 5.91 Å². The van der Waals surface area contributed by atoms with Crippen LogP contribution < -0.4 is 10.1 Å². The van der Waals surface area contributed by atoms with Crippen LogP contribution >= 0.6 is 46.4 Å². The topological polar surface area (TPSA) is 58.6 Å². The zero-order valence-corrected chi connectivity index (χ0v) is 20.3. The minimum Gasteiger partial charge on any atom is -0.482 e. The zero-order chi connectivity index (χ0) is 23.0. The van der Waals surface area contributed by atoms with Crippen LogP contribution in [-0.2, 0) is 16.1 Å². The second kappa shape index (κ2) is 12.4. The number of nitrogens with one attached hydrogen (secondary N) is 1. The molecule has 0 bridgehead atoms. The summed E-state index contributed by atoms with van der Waals surface area (Å²) >= 11 is 24.7. The first-order valence-corrected chi connectivity index (χ1v) is 11.4. The fourth-order valence-electron chi connectivity index (χ4n) is 2.95. The van der Waals surface area contributed by atoms with Crippen LogP contribution in [0.3, 0.4) is 0 Å². The quantitative estimate of drug-likeness (QED) is 0.430. The number of carbonyl (C=O) groups is 2. The Labute approximate surface area is 202 Å². The molecule has 1 N–H and O–H groups in total. The molecule has 0 radical (unpaired) electrons. The summed E-state index contributed by atoms with van der Waals surface area (Å²) in [4.78, 5) is 27.4. The summed E-state index contributed by atoms with van der Waals surface area (Å²) in [7, 11) is 0. The Morgan fingerprint density at radius 3 is 2.29 bits per heavy atom. The smallest absolute Gasteiger partial charge is 0.261 e. The van der Waals surface area contributed by atoms with E-state index in [0.717, 1.165) is 6.42 Å². The number of benzene rings is 2. The van der Waals surface area contributed by atoms with Crippen LogP contribution in [-0.4, -0.2) is 35.9 Å². The molecule has 0 heterocycles. The van der Waals surface area contributed by atoms with Gasteiger partial charge < -0.3 is 15.0 Å². The van der Waals surface area contributed by atoms with E-state index in [0.29, 0.717) is 39.3 Å². The van der Waals surface area contributed by atoms with Gasteiger partial charge in [0.25, 0.3) is 5.91 Å². The molecule has 2 aromatic rings. The molecular formula is C22H24Cl4N2O3. The third-order valence-corrected chi connectivity index (χ3v) is 5.81. The molecule has 0 aromatic heterocycles. The molecule has 168 valence electrons. The summed E-state index contributed by atoms with van der Waals surface area (Å²) in [6.07, 6.45) is 1.19. The highest BCUT2D eigenvalue weighted by molar-refractivity contribution is 6.36. The molecule has 2 aromatic carbocycles. The van der Waals surface area contributed by atoms with Crippen LogP contribution in [0.25, 0.3) is 0 Å². The summed E-state index contributed by atoms with van der Waals surface area (Å²) in [5, 5.41) is 4.41. The molecule has 1 atom stereocenters. The van der Waals surface area contributed by atoms with Crippen molar-refractivity contribution >= 4 is 58.2 Å². The third kappa shape index (κ3) is 7.18.